The van der Waals surface area contributed by atoms with Gasteiger partial charge in [0.15, 0.2) is 0 Å². The number of pyridine rings is 1. The number of hydrogen-bond donors (Lipinski definition) is 0. The second-order valence-electron chi connectivity index (χ2n) is 7.95. The monoisotopic (exact) mass is 435 g/mol. The maximum absolute atomic E-state index is 13.7. The standard InChI is InChI=1S/C21H24F3N5O2/c1-4-15-11-16(21(22,23)24)17-18(27-31-19(17)26-15)14-6-9-28(10-7-14)20(30)13(3)29-12(2)5-8-25-29/h5,8,11,13-14H,4,6-7,9-10H2,1-3H3. The van der Waals surface area contributed by atoms with E-state index in [1.165, 1.54) is 0 Å². The van der Waals surface area contributed by atoms with Crippen LogP contribution in [0.4, 0.5) is 13.2 Å². The maximum atomic E-state index is 13.7. The lowest BCUT2D eigenvalue weighted by atomic mass is 9.90. The number of rotatable bonds is 4. The molecule has 0 bridgehead atoms. The molecule has 1 atom stereocenters. The second kappa shape index (κ2) is 7.97. The molecule has 0 aliphatic carbocycles. The number of likely N-dealkylation sites (tertiary alicyclic amines) is 1. The summed E-state index contributed by atoms with van der Waals surface area (Å²) in [5, 5.41) is 8.11. The summed E-state index contributed by atoms with van der Waals surface area (Å²) in [5.74, 6) is -0.289. The molecule has 31 heavy (non-hydrogen) atoms. The van der Waals surface area contributed by atoms with Crippen LogP contribution >= 0.6 is 0 Å². The van der Waals surface area contributed by atoms with Gasteiger partial charge in [0.2, 0.25) is 5.91 Å². The molecule has 0 aromatic carbocycles. The van der Waals surface area contributed by atoms with E-state index in [0.717, 1.165) is 11.8 Å². The Bertz CT molecular complexity index is 1100. The van der Waals surface area contributed by atoms with Gasteiger partial charge in [-0.05, 0) is 45.2 Å². The summed E-state index contributed by atoms with van der Waals surface area (Å²) in [7, 11) is 0. The highest BCUT2D eigenvalue weighted by Gasteiger charge is 2.38. The largest absolute Gasteiger partial charge is 0.417 e. The summed E-state index contributed by atoms with van der Waals surface area (Å²) in [6.45, 7) is 6.29. The summed E-state index contributed by atoms with van der Waals surface area (Å²) in [5.41, 5.74) is 0.643. The first-order chi connectivity index (χ1) is 14.7. The zero-order valence-electron chi connectivity index (χ0n) is 17.6. The van der Waals surface area contributed by atoms with E-state index < -0.39 is 17.8 Å². The molecule has 0 N–H and O–H groups in total. The molecule has 0 radical (unpaired) electrons. The molecule has 1 fully saturated rings. The van der Waals surface area contributed by atoms with Gasteiger partial charge in [-0.2, -0.15) is 18.3 Å². The minimum Gasteiger partial charge on any atom is -0.341 e. The molecular weight excluding hydrogens is 411 g/mol. The van der Waals surface area contributed by atoms with Gasteiger partial charge in [-0.1, -0.05) is 12.1 Å². The molecule has 3 aromatic rings. The number of hydrogen-bond acceptors (Lipinski definition) is 5. The van der Waals surface area contributed by atoms with E-state index in [2.05, 4.69) is 15.2 Å². The maximum Gasteiger partial charge on any atom is 0.417 e. The summed E-state index contributed by atoms with van der Waals surface area (Å²) in [6.07, 6.45) is -1.50. The molecule has 1 saturated heterocycles. The summed E-state index contributed by atoms with van der Waals surface area (Å²) in [6, 6.07) is 2.48. The van der Waals surface area contributed by atoms with Gasteiger partial charge in [0.25, 0.3) is 5.71 Å². The minimum atomic E-state index is -4.53. The lowest BCUT2D eigenvalue weighted by Crippen LogP contribution is -2.41. The number of carbonyl (C=O) groups excluding carboxylic acids is 1. The molecule has 7 nitrogen and oxygen atoms in total. The van der Waals surface area contributed by atoms with E-state index in [1.807, 2.05) is 13.0 Å². The number of carbonyl (C=O) groups is 1. The van der Waals surface area contributed by atoms with Crippen LogP contribution in [0.3, 0.4) is 0 Å². The lowest BCUT2D eigenvalue weighted by molar-refractivity contribution is -0.136. The van der Waals surface area contributed by atoms with Crippen LogP contribution in [0, 0.1) is 6.92 Å². The van der Waals surface area contributed by atoms with E-state index in [-0.39, 0.29) is 28.6 Å². The molecule has 0 saturated carbocycles. The van der Waals surface area contributed by atoms with Crippen LogP contribution in [-0.4, -0.2) is 43.8 Å². The second-order valence-corrected chi connectivity index (χ2v) is 7.95. The summed E-state index contributed by atoms with van der Waals surface area (Å²) in [4.78, 5) is 18.8. The van der Waals surface area contributed by atoms with Crippen LogP contribution < -0.4 is 0 Å². The molecule has 1 amide bonds. The van der Waals surface area contributed by atoms with Crippen molar-refractivity contribution in [1.82, 2.24) is 24.8 Å². The van der Waals surface area contributed by atoms with Crippen LogP contribution in [0.5, 0.6) is 0 Å². The molecule has 166 valence electrons. The van der Waals surface area contributed by atoms with Gasteiger partial charge in [-0.15, -0.1) is 0 Å². The number of aryl methyl sites for hydroxylation is 2. The van der Waals surface area contributed by atoms with Gasteiger partial charge in [-0.25, -0.2) is 4.98 Å². The highest BCUT2D eigenvalue weighted by Crippen LogP contribution is 2.40. The molecule has 4 heterocycles. The fourth-order valence-corrected chi connectivity index (χ4v) is 4.24. The van der Waals surface area contributed by atoms with E-state index in [9.17, 15) is 18.0 Å². The molecule has 10 heteroatoms. The Balaban J connectivity index is 1.55. The number of nitrogens with zero attached hydrogens (tertiary/aromatic N) is 5. The van der Waals surface area contributed by atoms with Crippen molar-refractivity contribution in [3.8, 4) is 0 Å². The Labute approximate surface area is 177 Å². The fraction of sp³-hybridized carbons (Fsp3) is 0.524. The number of alkyl halides is 3. The lowest BCUT2D eigenvalue weighted by Gasteiger charge is -2.33. The van der Waals surface area contributed by atoms with Crippen LogP contribution in [0.15, 0.2) is 22.9 Å². The zero-order valence-corrected chi connectivity index (χ0v) is 17.6. The van der Waals surface area contributed by atoms with E-state index in [1.54, 1.807) is 29.6 Å². The van der Waals surface area contributed by atoms with Crippen molar-refractivity contribution in [2.24, 2.45) is 0 Å². The van der Waals surface area contributed by atoms with Gasteiger partial charge in [0.1, 0.15) is 6.04 Å². The minimum absolute atomic E-state index is 0.0551. The third-order valence-corrected chi connectivity index (χ3v) is 5.98. The first-order valence-corrected chi connectivity index (χ1v) is 10.4. The third-order valence-electron chi connectivity index (χ3n) is 5.98. The topological polar surface area (TPSA) is 77.0 Å². The molecule has 4 rings (SSSR count). The summed E-state index contributed by atoms with van der Waals surface area (Å²) >= 11 is 0. The third kappa shape index (κ3) is 3.90. The van der Waals surface area contributed by atoms with Gasteiger partial charge < -0.3 is 9.42 Å². The average Bonchev–Trinajstić information content (AvgIpc) is 3.37. The van der Waals surface area contributed by atoms with Crippen molar-refractivity contribution >= 4 is 17.0 Å². The Kier molecular flexibility index (Phi) is 5.49. The van der Waals surface area contributed by atoms with Gasteiger partial charge >= 0.3 is 6.18 Å². The zero-order chi connectivity index (χ0) is 22.3. The number of fused-ring (bicyclic) bond motifs is 1. The normalized spacial score (nSPS) is 16.8. The Morgan fingerprint density at radius 1 is 1.32 bits per heavy atom. The molecule has 0 spiro atoms. The molecule has 3 aromatic heterocycles. The number of amides is 1. The Morgan fingerprint density at radius 3 is 2.61 bits per heavy atom. The van der Waals surface area contributed by atoms with Crippen LogP contribution in [0.1, 0.15) is 61.3 Å². The fourth-order valence-electron chi connectivity index (χ4n) is 4.24. The van der Waals surface area contributed by atoms with Gasteiger partial charge in [0.05, 0.1) is 16.6 Å². The van der Waals surface area contributed by atoms with Crippen molar-refractivity contribution in [1.29, 1.82) is 0 Å². The van der Waals surface area contributed by atoms with Crippen molar-refractivity contribution in [2.75, 3.05) is 13.1 Å². The number of piperidine rings is 1. The van der Waals surface area contributed by atoms with Crippen molar-refractivity contribution in [3.05, 3.63) is 41.0 Å². The SMILES string of the molecule is CCc1cc(C(F)(F)F)c2c(C3CCN(C(=O)C(C)n4nccc4C)CC3)noc2n1. The molecule has 1 aliphatic heterocycles. The smallest absolute Gasteiger partial charge is 0.341 e. The first kappa shape index (κ1) is 21.3. The van der Waals surface area contributed by atoms with Crippen molar-refractivity contribution in [2.45, 2.75) is 58.2 Å². The van der Waals surface area contributed by atoms with E-state index >= 15 is 0 Å². The Morgan fingerprint density at radius 2 is 2.03 bits per heavy atom. The van der Waals surface area contributed by atoms with Crippen LogP contribution in [0.25, 0.3) is 11.1 Å². The number of halogens is 3. The van der Waals surface area contributed by atoms with E-state index in [4.69, 9.17) is 4.52 Å². The highest BCUT2D eigenvalue weighted by atomic mass is 19.4. The van der Waals surface area contributed by atoms with Crippen molar-refractivity contribution in [3.63, 3.8) is 0 Å². The summed E-state index contributed by atoms with van der Waals surface area (Å²) < 4.78 is 48.0. The average molecular weight is 435 g/mol. The molecule has 1 unspecified atom stereocenters. The predicted molar refractivity (Wildman–Crippen MR) is 106 cm³/mol. The quantitative estimate of drug-likeness (QED) is 0.612. The predicted octanol–water partition coefficient (Wildman–Crippen LogP) is 4.28. The Hall–Kier alpha value is -2.91. The van der Waals surface area contributed by atoms with Crippen LogP contribution in [0.2, 0.25) is 0 Å². The van der Waals surface area contributed by atoms with E-state index in [0.29, 0.717) is 38.0 Å². The van der Waals surface area contributed by atoms with Crippen LogP contribution in [-0.2, 0) is 17.4 Å². The first-order valence-electron chi connectivity index (χ1n) is 10.4. The molecule has 1 aliphatic rings. The highest BCUT2D eigenvalue weighted by molar-refractivity contribution is 5.82. The van der Waals surface area contributed by atoms with Gasteiger partial charge in [0, 0.05) is 36.6 Å². The van der Waals surface area contributed by atoms with Gasteiger partial charge in [-0.3, -0.25) is 9.48 Å². The molecular formula is C21H24F3N5O2. The van der Waals surface area contributed by atoms with Crippen molar-refractivity contribution < 1.29 is 22.5 Å². The number of aromatic nitrogens is 4.